The second kappa shape index (κ2) is 9.33. The number of carbonyl (C=O) groups excluding carboxylic acids is 5. The first-order chi connectivity index (χ1) is 12.4. The first-order valence-electron chi connectivity index (χ1n) is 8.76. The normalized spacial score (nSPS) is 18.1. The molecule has 0 aromatic rings. The predicted molar refractivity (Wildman–Crippen MR) is 94.5 cm³/mol. The molecule has 0 aromatic carbocycles. The highest BCUT2D eigenvalue weighted by molar-refractivity contribution is 6.06. The molecule has 10 nitrogen and oxygen atoms in total. The molecule has 0 bridgehead atoms. The summed E-state index contributed by atoms with van der Waals surface area (Å²) in [5.74, 6) is -2.99. The summed E-state index contributed by atoms with van der Waals surface area (Å²) >= 11 is 0. The lowest BCUT2D eigenvalue weighted by Crippen LogP contribution is -2.42. The Balaban J connectivity index is 2.43. The van der Waals surface area contributed by atoms with Gasteiger partial charge in [0.05, 0.1) is 0 Å². The van der Waals surface area contributed by atoms with Gasteiger partial charge in [-0.2, -0.15) is 0 Å². The first-order valence-corrected chi connectivity index (χ1v) is 8.76. The maximum atomic E-state index is 12.3. The van der Waals surface area contributed by atoms with Gasteiger partial charge < -0.3 is 20.5 Å². The van der Waals surface area contributed by atoms with Gasteiger partial charge in [0.1, 0.15) is 24.1 Å². The summed E-state index contributed by atoms with van der Waals surface area (Å²) in [6.45, 7) is 6.26. The summed E-state index contributed by atoms with van der Waals surface area (Å²) in [6, 6.07) is -1.47. The van der Waals surface area contributed by atoms with Crippen molar-refractivity contribution in [2.75, 3.05) is 13.1 Å². The highest BCUT2D eigenvalue weighted by Gasteiger charge is 2.38. The minimum atomic E-state index is -0.810. The molecule has 2 unspecified atom stereocenters. The van der Waals surface area contributed by atoms with Gasteiger partial charge in [0.2, 0.25) is 5.91 Å². The summed E-state index contributed by atoms with van der Waals surface area (Å²) in [7, 11) is 0. The van der Waals surface area contributed by atoms with Crippen molar-refractivity contribution < 1.29 is 33.8 Å². The van der Waals surface area contributed by atoms with Crippen LogP contribution in [0, 0.1) is 5.92 Å². The van der Waals surface area contributed by atoms with Crippen LogP contribution >= 0.6 is 0 Å². The number of esters is 1. The third-order valence-corrected chi connectivity index (χ3v) is 3.76. The van der Waals surface area contributed by atoms with Crippen LogP contribution in [-0.2, 0) is 23.9 Å². The summed E-state index contributed by atoms with van der Waals surface area (Å²) in [4.78, 5) is 59.3. The van der Waals surface area contributed by atoms with E-state index in [9.17, 15) is 24.0 Å². The second-order valence-electron chi connectivity index (χ2n) is 7.47. The van der Waals surface area contributed by atoms with Crippen molar-refractivity contribution in [1.29, 1.82) is 0 Å². The molecule has 4 amide bonds. The van der Waals surface area contributed by atoms with Gasteiger partial charge in [-0.25, -0.2) is 4.79 Å². The van der Waals surface area contributed by atoms with Gasteiger partial charge >= 0.3 is 18.0 Å². The van der Waals surface area contributed by atoms with E-state index in [4.69, 9.17) is 9.84 Å². The lowest BCUT2D eigenvalue weighted by Gasteiger charge is -2.19. The number of carbonyl (C=O) groups is 5. The van der Waals surface area contributed by atoms with Gasteiger partial charge in [-0.1, -0.05) is 0 Å². The van der Waals surface area contributed by atoms with Crippen molar-refractivity contribution in [2.45, 2.75) is 58.6 Å². The number of ether oxygens (including phenoxy) is 1. The molecule has 10 heteroatoms. The van der Waals surface area contributed by atoms with E-state index in [-0.39, 0.29) is 25.4 Å². The molecule has 1 rings (SSSR count). The number of hydrogen-bond donors (Lipinski definition) is 2. The molecule has 2 atom stereocenters. The zero-order chi connectivity index (χ0) is 20.8. The van der Waals surface area contributed by atoms with Gasteiger partial charge in [-0.05, 0) is 40.5 Å². The van der Waals surface area contributed by atoms with E-state index < -0.39 is 47.9 Å². The molecule has 4 N–H and O–H groups in total. The van der Waals surface area contributed by atoms with E-state index in [0.717, 1.165) is 4.90 Å². The van der Waals surface area contributed by atoms with Gasteiger partial charge in [-0.15, -0.1) is 0 Å². The number of rotatable bonds is 9. The van der Waals surface area contributed by atoms with Crippen LogP contribution in [0.2, 0.25) is 0 Å². The van der Waals surface area contributed by atoms with Crippen molar-refractivity contribution in [3.63, 3.8) is 0 Å². The molecule has 152 valence electrons. The van der Waals surface area contributed by atoms with Gasteiger partial charge in [-0.3, -0.25) is 19.3 Å². The Bertz CT molecular complexity index is 612. The molecular formula is C17H28N3O7+. The summed E-state index contributed by atoms with van der Waals surface area (Å²) in [5, 5.41) is 11.8. The molecule has 27 heavy (non-hydrogen) atoms. The molecule has 0 saturated carbocycles. The molecule has 0 aromatic heterocycles. The molecule has 1 fully saturated rings. The van der Waals surface area contributed by atoms with Crippen LogP contribution in [0.3, 0.4) is 0 Å². The Hall–Kier alpha value is -2.65. The van der Waals surface area contributed by atoms with Crippen molar-refractivity contribution in [3.05, 3.63) is 0 Å². The van der Waals surface area contributed by atoms with Crippen molar-refractivity contribution in [2.24, 2.45) is 5.92 Å². The fourth-order valence-electron chi connectivity index (χ4n) is 2.32. The average molecular weight is 386 g/mol. The number of urea groups is 1. The largest absolute Gasteiger partial charge is 0.564 e. The Morgan fingerprint density at radius 1 is 1.30 bits per heavy atom. The van der Waals surface area contributed by atoms with Gasteiger partial charge in [0.15, 0.2) is 0 Å². The van der Waals surface area contributed by atoms with Crippen LogP contribution in [0.15, 0.2) is 0 Å². The Labute approximate surface area is 157 Å². The standard InChI is InChI=1S/C17H27N3O7/c1-10(15(24)25)8-18-12(21)9-20-14(23)11(19-16(20)26)6-5-7-13(22)27-17(2,3)4/h10-11H,5-9H2,1-4H3,(H,18,21)(H,19,26)(H,24,25)/p+1. The number of nitrogens with zero attached hydrogens (tertiary/aromatic N) is 1. The molecule has 1 aliphatic rings. The monoisotopic (exact) mass is 386 g/mol. The Morgan fingerprint density at radius 3 is 2.48 bits per heavy atom. The molecule has 0 spiro atoms. The van der Waals surface area contributed by atoms with Gasteiger partial charge in [0, 0.05) is 17.8 Å². The Morgan fingerprint density at radius 2 is 1.93 bits per heavy atom. The number of amides is 4. The fraction of sp³-hybridized carbons (Fsp3) is 0.706. The third-order valence-electron chi connectivity index (χ3n) is 3.76. The van der Waals surface area contributed by atoms with E-state index in [0.29, 0.717) is 6.42 Å². The number of imide groups is 1. The van der Waals surface area contributed by atoms with E-state index >= 15 is 0 Å². The van der Waals surface area contributed by atoms with Crippen molar-refractivity contribution in [1.82, 2.24) is 15.5 Å². The lowest BCUT2D eigenvalue weighted by molar-refractivity contribution is -0.155. The zero-order valence-corrected chi connectivity index (χ0v) is 16.1. The molecule has 0 radical (unpaired) electrons. The summed E-state index contributed by atoms with van der Waals surface area (Å²) in [5.41, 5.74) is -0.583. The number of nitrogens with one attached hydrogen (secondary N) is 2. The van der Waals surface area contributed by atoms with Crippen molar-refractivity contribution in [3.8, 4) is 0 Å². The molecule has 1 aliphatic heterocycles. The third kappa shape index (κ3) is 7.63. The molecule has 1 saturated heterocycles. The second-order valence-corrected chi connectivity index (χ2v) is 7.47. The van der Waals surface area contributed by atoms with Crippen LogP contribution in [0.5, 0.6) is 0 Å². The maximum absolute atomic E-state index is 12.3. The quantitative estimate of drug-likeness (QED) is 0.308. The lowest BCUT2D eigenvalue weighted by atomic mass is 10.1. The maximum Gasteiger partial charge on any atom is 0.520 e. The number of hydrogen-bond acceptors (Lipinski definition) is 6. The minimum Gasteiger partial charge on any atom is -0.564 e. The van der Waals surface area contributed by atoms with Crippen LogP contribution in [0.4, 0.5) is 4.79 Å². The van der Waals surface area contributed by atoms with Crippen LogP contribution in [-0.4, -0.2) is 64.5 Å². The highest BCUT2D eigenvalue weighted by Crippen LogP contribution is 2.14. The van der Waals surface area contributed by atoms with E-state index in [1.54, 1.807) is 20.8 Å². The molecule has 1 heterocycles. The van der Waals surface area contributed by atoms with Crippen LogP contribution < -0.4 is 10.6 Å². The van der Waals surface area contributed by atoms with Crippen LogP contribution in [0.1, 0.15) is 47.0 Å². The molecule has 0 aliphatic carbocycles. The SMILES string of the molecule is CC(CNC(=O)CN1C(=O)NC(CCCC(=O)OC(C)(C)C)C1=O)C(=O)[OH2+]. The fourth-order valence-corrected chi connectivity index (χ4v) is 2.32. The zero-order valence-electron chi connectivity index (χ0n) is 16.1. The average Bonchev–Trinajstić information content (AvgIpc) is 2.78. The predicted octanol–water partition coefficient (Wildman–Crippen LogP) is -0.578. The van der Waals surface area contributed by atoms with E-state index in [1.165, 1.54) is 6.92 Å². The summed E-state index contributed by atoms with van der Waals surface area (Å²) < 4.78 is 5.18. The highest BCUT2D eigenvalue weighted by atomic mass is 16.6. The van der Waals surface area contributed by atoms with E-state index in [1.807, 2.05) is 0 Å². The van der Waals surface area contributed by atoms with E-state index in [2.05, 4.69) is 10.6 Å². The first kappa shape index (κ1) is 22.4. The smallest absolute Gasteiger partial charge is 0.520 e. The molecular weight excluding hydrogens is 358 g/mol. The van der Waals surface area contributed by atoms with Crippen molar-refractivity contribution >= 4 is 29.8 Å². The minimum absolute atomic E-state index is 0.0376. The Kier molecular flexibility index (Phi) is 7.74. The summed E-state index contributed by atoms with van der Waals surface area (Å²) in [6.07, 6.45) is 0.734. The van der Waals surface area contributed by atoms with Crippen LogP contribution in [0.25, 0.3) is 0 Å². The van der Waals surface area contributed by atoms with Gasteiger partial charge in [0.25, 0.3) is 5.91 Å². The topological polar surface area (TPSA) is 145 Å².